The molecule has 1 aliphatic rings. The average Bonchev–Trinajstić information content (AvgIpc) is 2.73. The quantitative estimate of drug-likeness (QED) is 0.780. The first kappa shape index (κ1) is 13.7. The maximum Gasteiger partial charge on any atom is 0.120 e. The van der Waals surface area contributed by atoms with Gasteiger partial charge >= 0.3 is 0 Å². The first-order chi connectivity index (χ1) is 8.50. The van der Waals surface area contributed by atoms with Crippen molar-refractivity contribution in [1.29, 1.82) is 0 Å². The normalized spacial score (nSPS) is 23.5. The SMILES string of the molecule is Cc1cc(O)c(CNCC2(O)CCSC2)cc1C. The van der Waals surface area contributed by atoms with E-state index < -0.39 is 5.60 Å². The van der Waals surface area contributed by atoms with Gasteiger partial charge in [0.15, 0.2) is 0 Å². The van der Waals surface area contributed by atoms with Gasteiger partial charge in [0.1, 0.15) is 5.75 Å². The molecule has 1 unspecified atom stereocenters. The number of nitrogens with one attached hydrogen (secondary N) is 1. The van der Waals surface area contributed by atoms with Crippen molar-refractivity contribution in [2.75, 3.05) is 18.1 Å². The molecule has 0 amide bonds. The van der Waals surface area contributed by atoms with Gasteiger partial charge in [-0.15, -0.1) is 0 Å². The second-order valence-corrected chi connectivity index (χ2v) is 6.30. The predicted molar refractivity (Wildman–Crippen MR) is 76.2 cm³/mol. The Hall–Kier alpha value is -0.710. The molecule has 1 fully saturated rings. The van der Waals surface area contributed by atoms with Crippen LogP contribution in [0.25, 0.3) is 0 Å². The number of hydrogen-bond donors (Lipinski definition) is 3. The molecule has 18 heavy (non-hydrogen) atoms. The Morgan fingerprint density at radius 2 is 2.06 bits per heavy atom. The molecule has 1 aromatic rings. The molecule has 100 valence electrons. The highest BCUT2D eigenvalue weighted by molar-refractivity contribution is 7.99. The number of phenols is 1. The third-order valence-electron chi connectivity index (χ3n) is 3.55. The minimum atomic E-state index is -0.569. The summed E-state index contributed by atoms with van der Waals surface area (Å²) in [6.07, 6.45) is 0.851. The van der Waals surface area contributed by atoms with Gasteiger partial charge in [-0.2, -0.15) is 11.8 Å². The first-order valence-electron chi connectivity index (χ1n) is 6.30. The van der Waals surface area contributed by atoms with Crippen LogP contribution in [-0.4, -0.2) is 33.9 Å². The minimum Gasteiger partial charge on any atom is -0.508 e. The lowest BCUT2D eigenvalue weighted by molar-refractivity contribution is 0.0674. The maximum absolute atomic E-state index is 10.2. The number of phenolic OH excluding ortho intramolecular Hbond substituents is 1. The number of aryl methyl sites for hydroxylation is 2. The number of hydrogen-bond acceptors (Lipinski definition) is 4. The van der Waals surface area contributed by atoms with E-state index in [1.165, 1.54) is 5.56 Å². The molecule has 3 N–H and O–H groups in total. The van der Waals surface area contributed by atoms with Crippen molar-refractivity contribution in [3.8, 4) is 5.75 Å². The van der Waals surface area contributed by atoms with E-state index >= 15 is 0 Å². The van der Waals surface area contributed by atoms with Gasteiger partial charge in [0, 0.05) is 24.4 Å². The van der Waals surface area contributed by atoms with Crippen LogP contribution in [0.5, 0.6) is 5.75 Å². The Morgan fingerprint density at radius 3 is 2.72 bits per heavy atom. The lowest BCUT2D eigenvalue weighted by atomic mass is 10.0. The van der Waals surface area contributed by atoms with Gasteiger partial charge < -0.3 is 15.5 Å². The molecule has 0 saturated carbocycles. The van der Waals surface area contributed by atoms with Gasteiger partial charge in [0.25, 0.3) is 0 Å². The summed E-state index contributed by atoms with van der Waals surface area (Å²) in [6, 6.07) is 3.80. The lowest BCUT2D eigenvalue weighted by Gasteiger charge is -2.22. The highest BCUT2D eigenvalue weighted by Gasteiger charge is 2.31. The van der Waals surface area contributed by atoms with E-state index in [1.807, 2.05) is 19.9 Å². The summed E-state index contributed by atoms with van der Waals surface area (Å²) in [6.45, 7) is 5.22. The van der Waals surface area contributed by atoms with Crippen molar-refractivity contribution < 1.29 is 10.2 Å². The fraction of sp³-hybridized carbons (Fsp3) is 0.571. The van der Waals surface area contributed by atoms with E-state index in [-0.39, 0.29) is 0 Å². The Labute approximate surface area is 113 Å². The highest BCUT2D eigenvalue weighted by atomic mass is 32.2. The first-order valence-corrected chi connectivity index (χ1v) is 7.46. The monoisotopic (exact) mass is 267 g/mol. The van der Waals surface area contributed by atoms with Gasteiger partial charge in [-0.1, -0.05) is 6.07 Å². The van der Waals surface area contributed by atoms with Crippen LogP contribution in [0.15, 0.2) is 12.1 Å². The molecule has 3 nitrogen and oxygen atoms in total. The molecule has 4 heteroatoms. The number of rotatable bonds is 4. The van der Waals surface area contributed by atoms with Gasteiger partial charge in [-0.05, 0) is 43.2 Å². The third-order valence-corrected chi connectivity index (χ3v) is 4.78. The van der Waals surface area contributed by atoms with Crippen molar-refractivity contribution in [2.24, 2.45) is 0 Å². The zero-order valence-corrected chi connectivity index (χ0v) is 11.8. The molecular weight excluding hydrogens is 246 g/mol. The van der Waals surface area contributed by atoms with Crippen molar-refractivity contribution in [3.05, 3.63) is 28.8 Å². The van der Waals surface area contributed by atoms with Crippen molar-refractivity contribution >= 4 is 11.8 Å². The molecule has 2 rings (SSSR count). The molecule has 0 spiro atoms. The zero-order valence-electron chi connectivity index (χ0n) is 11.0. The smallest absolute Gasteiger partial charge is 0.120 e. The molecule has 0 aliphatic carbocycles. The van der Waals surface area contributed by atoms with Crippen LogP contribution in [0.2, 0.25) is 0 Å². The molecule has 1 saturated heterocycles. The Morgan fingerprint density at radius 1 is 1.33 bits per heavy atom. The summed E-state index contributed by atoms with van der Waals surface area (Å²) in [5.74, 6) is 2.17. The van der Waals surface area contributed by atoms with E-state index in [2.05, 4.69) is 5.32 Å². The lowest BCUT2D eigenvalue weighted by Crippen LogP contribution is -2.40. The molecule has 1 aliphatic heterocycles. The Bertz CT molecular complexity index is 428. The summed E-state index contributed by atoms with van der Waals surface area (Å²) in [5.41, 5.74) is 2.61. The fourth-order valence-electron chi connectivity index (χ4n) is 2.17. The second-order valence-electron chi connectivity index (χ2n) is 5.20. The van der Waals surface area contributed by atoms with Crippen molar-refractivity contribution in [1.82, 2.24) is 5.32 Å². The number of aromatic hydroxyl groups is 1. The van der Waals surface area contributed by atoms with Crippen LogP contribution in [0, 0.1) is 13.8 Å². The molecule has 1 heterocycles. The van der Waals surface area contributed by atoms with E-state index in [0.29, 0.717) is 18.8 Å². The summed E-state index contributed by atoms with van der Waals surface area (Å²) in [5, 5.41) is 23.3. The Balaban J connectivity index is 1.92. The van der Waals surface area contributed by atoms with Crippen LogP contribution >= 0.6 is 11.8 Å². The van der Waals surface area contributed by atoms with Gasteiger partial charge in [-0.25, -0.2) is 0 Å². The Kier molecular flexibility index (Phi) is 4.20. The largest absolute Gasteiger partial charge is 0.508 e. The molecule has 1 atom stereocenters. The van der Waals surface area contributed by atoms with E-state index in [0.717, 1.165) is 29.1 Å². The standard InChI is InChI=1S/C14H21NO2S/c1-10-5-12(13(16)6-11(10)2)7-15-8-14(17)3-4-18-9-14/h5-6,15-17H,3-4,7-9H2,1-2H3. The third kappa shape index (κ3) is 3.19. The van der Waals surface area contributed by atoms with Crippen molar-refractivity contribution in [2.45, 2.75) is 32.4 Å². The highest BCUT2D eigenvalue weighted by Crippen LogP contribution is 2.27. The molecular formula is C14H21NO2S. The van der Waals surface area contributed by atoms with Crippen LogP contribution in [0.3, 0.4) is 0 Å². The fourth-order valence-corrected chi connectivity index (χ4v) is 3.46. The molecule has 0 aromatic heterocycles. The maximum atomic E-state index is 10.2. The molecule has 0 bridgehead atoms. The topological polar surface area (TPSA) is 52.5 Å². The average molecular weight is 267 g/mol. The van der Waals surface area contributed by atoms with E-state index in [4.69, 9.17) is 0 Å². The van der Waals surface area contributed by atoms with Gasteiger partial charge in [-0.3, -0.25) is 0 Å². The summed E-state index contributed by atoms with van der Waals surface area (Å²) in [4.78, 5) is 0. The van der Waals surface area contributed by atoms with Crippen molar-refractivity contribution in [3.63, 3.8) is 0 Å². The van der Waals surface area contributed by atoms with Crippen LogP contribution in [-0.2, 0) is 6.54 Å². The van der Waals surface area contributed by atoms with Crippen LogP contribution in [0.4, 0.5) is 0 Å². The van der Waals surface area contributed by atoms with Gasteiger partial charge in [0.2, 0.25) is 0 Å². The molecule has 0 radical (unpaired) electrons. The predicted octanol–water partition coefficient (Wildman–Crippen LogP) is 1.97. The van der Waals surface area contributed by atoms with E-state index in [1.54, 1.807) is 17.8 Å². The summed E-state index contributed by atoms with van der Waals surface area (Å²) in [7, 11) is 0. The minimum absolute atomic E-state index is 0.332. The van der Waals surface area contributed by atoms with Gasteiger partial charge in [0.05, 0.1) is 5.60 Å². The number of thioether (sulfide) groups is 1. The second kappa shape index (κ2) is 5.51. The van der Waals surface area contributed by atoms with E-state index in [9.17, 15) is 10.2 Å². The summed E-state index contributed by atoms with van der Waals surface area (Å²) >= 11 is 1.80. The zero-order chi connectivity index (χ0) is 13.2. The van der Waals surface area contributed by atoms with Crippen LogP contribution in [0.1, 0.15) is 23.1 Å². The number of benzene rings is 1. The number of aliphatic hydroxyl groups is 1. The van der Waals surface area contributed by atoms with Crippen LogP contribution < -0.4 is 5.32 Å². The summed E-state index contributed by atoms with van der Waals surface area (Å²) < 4.78 is 0. The molecule has 1 aromatic carbocycles.